The lowest BCUT2D eigenvalue weighted by Gasteiger charge is -2.53. The first-order chi connectivity index (χ1) is 12.7. The standard InChI is InChI=1S/C22H44N2O4/c1-19(2)11-17(12-20(3,4)23(19)9)25-15-27-28-16-26-18-13-21(5,6)24(10)22(7,8)14-18/h17-18H,11-16H2,1-10H3. The predicted octanol–water partition coefficient (Wildman–Crippen LogP) is 4.19. The average molecular weight is 401 g/mol. The van der Waals surface area contributed by atoms with E-state index in [1.54, 1.807) is 0 Å². The largest absolute Gasteiger partial charge is 0.349 e. The molecule has 2 saturated heterocycles. The Balaban J connectivity index is 1.67. The van der Waals surface area contributed by atoms with E-state index in [1.807, 2.05) is 0 Å². The van der Waals surface area contributed by atoms with Crippen molar-refractivity contribution in [3.05, 3.63) is 0 Å². The van der Waals surface area contributed by atoms with Crippen molar-refractivity contribution in [2.24, 2.45) is 0 Å². The topological polar surface area (TPSA) is 43.4 Å². The first-order valence-electron chi connectivity index (χ1n) is 10.6. The Bertz CT molecular complexity index is 437. The first-order valence-corrected chi connectivity index (χ1v) is 10.6. The Morgan fingerprint density at radius 1 is 0.571 bits per heavy atom. The van der Waals surface area contributed by atoms with Gasteiger partial charge < -0.3 is 9.47 Å². The molecule has 2 aliphatic heterocycles. The molecule has 0 aromatic heterocycles. The first kappa shape index (κ1) is 24.0. The molecule has 0 atom stereocenters. The molecular weight excluding hydrogens is 356 g/mol. The molecule has 0 amide bonds. The Morgan fingerprint density at radius 3 is 1.07 bits per heavy atom. The lowest BCUT2D eigenvalue weighted by Crippen LogP contribution is -2.60. The summed E-state index contributed by atoms with van der Waals surface area (Å²) in [6.45, 7) is 18.4. The monoisotopic (exact) mass is 400 g/mol. The second kappa shape index (κ2) is 8.48. The molecule has 2 heterocycles. The number of hydrogen-bond acceptors (Lipinski definition) is 6. The summed E-state index contributed by atoms with van der Waals surface area (Å²) in [6, 6.07) is 0. The summed E-state index contributed by atoms with van der Waals surface area (Å²) in [5.41, 5.74) is 0.405. The molecule has 6 nitrogen and oxygen atoms in total. The molecule has 0 aliphatic carbocycles. The van der Waals surface area contributed by atoms with E-state index in [0.717, 1.165) is 25.7 Å². The van der Waals surface area contributed by atoms with E-state index in [-0.39, 0.29) is 47.9 Å². The van der Waals surface area contributed by atoms with E-state index in [9.17, 15) is 0 Å². The summed E-state index contributed by atoms with van der Waals surface area (Å²) in [6.07, 6.45) is 4.25. The minimum absolute atomic E-state index is 0.101. The number of hydrogen-bond donors (Lipinski definition) is 0. The highest BCUT2D eigenvalue weighted by molar-refractivity contribution is 4.99. The molecule has 6 heteroatoms. The maximum Gasteiger partial charge on any atom is 0.181 e. The number of likely N-dealkylation sites (tertiary alicyclic amines) is 2. The molecule has 0 spiro atoms. The van der Waals surface area contributed by atoms with E-state index in [0.29, 0.717) is 0 Å². The summed E-state index contributed by atoms with van der Waals surface area (Å²) >= 11 is 0. The molecule has 2 rings (SSSR count). The third-order valence-electron chi connectivity index (χ3n) is 7.33. The molecule has 0 unspecified atom stereocenters. The van der Waals surface area contributed by atoms with Crippen molar-refractivity contribution in [3.8, 4) is 0 Å². The fourth-order valence-corrected chi connectivity index (χ4v) is 5.11. The van der Waals surface area contributed by atoms with Crippen molar-refractivity contribution < 1.29 is 19.2 Å². The van der Waals surface area contributed by atoms with Gasteiger partial charge in [0.2, 0.25) is 0 Å². The van der Waals surface area contributed by atoms with Crippen LogP contribution in [0.15, 0.2) is 0 Å². The third kappa shape index (κ3) is 5.67. The van der Waals surface area contributed by atoms with Crippen LogP contribution >= 0.6 is 0 Å². The van der Waals surface area contributed by atoms with Gasteiger partial charge in [-0.3, -0.25) is 9.80 Å². The van der Waals surface area contributed by atoms with Gasteiger partial charge in [-0.15, -0.1) is 0 Å². The fraction of sp³-hybridized carbons (Fsp3) is 1.00. The van der Waals surface area contributed by atoms with Crippen LogP contribution in [-0.4, -0.2) is 71.8 Å². The van der Waals surface area contributed by atoms with Gasteiger partial charge in [0.15, 0.2) is 13.6 Å². The van der Waals surface area contributed by atoms with Crippen LogP contribution in [0.4, 0.5) is 0 Å². The van der Waals surface area contributed by atoms with Gasteiger partial charge in [-0.1, -0.05) is 0 Å². The second-order valence-electron chi connectivity index (χ2n) is 11.2. The van der Waals surface area contributed by atoms with Crippen LogP contribution in [0.3, 0.4) is 0 Å². The highest BCUT2D eigenvalue weighted by atomic mass is 17.2. The van der Waals surface area contributed by atoms with Crippen LogP contribution in [0.25, 0.3) is 0 Å². The molecule has 0 aromatic rings. The van der Waals surface area contributed by atoms with Gasteiger partial charge in [-0.2, -0.15) is 0 Å². The van der Waals surface area contributed by atoms with Gasteiger partial charge in [-0.25, -0.2) is 9.78 Å². The normalized spacial score (nSPS) is 28.5. The Kier molecular flexibility index (Phi) is 7.28. The minimum atomic E-state index is 0.101. The molecule has 2 fully saturated rings. The SMILES string of the molecule is CN1C(C)(C)CC(OCOOCOC2CC(C)(C)N(C)C(C)(C)C2)CC1(C)C. The van der Waals surface area contributed by atoms with Crippen molar-refractivity contribution in [3.63, 3.8) is 0 Å². The van der Waals surface area contributed by atoms with Gasteiger partial charge in [0, 0.05) is 22.2 Å². The lowest BCUT2D eigenvalue weighted by molar-refractivity contribution is -0.381. The van der Waals surface area contributed by atoms with Crippen LogP contribution in [0, 0.1) is 0 Å². The zero-order chi connectivity index (χ0) is 21.4. The van der Waals surface area contributed by atoms with Crippen LogP contribution in [0.5, 0.6) is 0 Å². The smallest absolute Gasteiger partial charge is 0.181 e. The van der Waals surface area contributed by atoms with Crippen LogP contribution < -0.4 is 0 Å². The molecule has 2 aliphatic rings. The van der Waals surface area contributed by atoms with Crippen molar-refractivity contribution >= 4 is 0 Å². The van der Waals surface area contributed by atoms with E-state index >= 15 is 0 Å². The highest BCUT2D eigenvalue weighted by Gasteiger charge is 2.44. The van der Waals surface area contributed by atoms with Gasteiger partial charge >= 0.3 is 0 Å². The van der Waals surface area contributed by atoms with E-state index < -0.39 is 0 Å². The number of piperidine rings is 2. The molecule has 0 radical (unpaired) electrons. The van der Waals surface area contributed by atoms with E-state index in [1.165, 1.54) is 0 Å². The fourth-order valence-electron chi connectivity index (χ4n) is 5.11. The molecule has 28 heavy (non-hydrogen) atoms. The highest BCUT2D eigenvalue weighted by Crippen LogP contribution is 2.39. The summed E-state index contributed by atoms with van der Waals surface area (Å²) in [5, 5.41) is 0. The predicted molar refractivity (Wildman–Crippen MR) is 112 cm³/mol. The maximum atomic E-state index is 5.94. The average Bonchev–Trinajstić information content (AvgIpc) is 2.52. The van der Waals surface area contributed by atoms with Crippen molar-refractivity contribution in [2.75, 3.05) is 27.7 Å². The molecular formula is C22H44N2O4. The van der Waals surface area contributed by atoms with Crippen LogP contribution in [0.2, 0.25) is 0 Å². The van der Waals surface area contributed by atoms with Crippen molar-refractivity contribution in [1.82, 2.24) is 9.80 Å². The molecule has 0 aromatic carbocycles. The van der Waals surface area contributed by atoms with Crippen molar-refractivity contribution in [2.45, 2.75) is 115 Å². The van der Waals surface area contributed by atoms with Crippen LogP contribution in [0.1, 0.15) is 81.1 Å². The summed E-state index contributed by atoms with van der Waals surface area (Å²) in [4.78, 5) is 15.4. The molecule has 0 bridgehead atoms. The van der Waals surface area contributed by atoms with Gasteiger partial charge in [0.05, 0.1) is 12.2 Å². The zero-order valence-corrected chi connectivity index (χ0v) is 19.9. The molecule has 0 N–H and O–H groups in total. The van der Waals surface area contributed by atoms with E-state index in [2.05, 4.69) is 79.3 Å². The molecule has 166 valence electrons. The van der Waals surface area contributed by atoms with Crippen molar-refractivity contribution in [1.29, 1.82) is 0 Å². The maximum absolute atomic E-state index is 5.94. The Morgan fingerprint density at radius 2 is 0.821 bits per heavy atom. The summed E-state index contributed by atoms with van der Waals surface area (Å²) < 4.78 is 11.9. The number of ether oxygens (including phenoxy) is 2. The second-order valence-corrected chi connectivity index (χ2v) is 11.2. The van der Waals surface area contributed by atoms with Crippen LogP contribution in [-0.2, 0) is 19.2 Å². The quantitative estimate of drug-likeness (QED) is 0.276. The summed E-state index contributed by atoms with van der Waals surface area (Å²) in [5.74, 6) is 0. The Hall–Kier alpha value is -0.240. The number of rotatable bonds is 7. The molecule has 0 saturated carbocycles. The zero-order valence-electron chi connectivity index (χ0n) is 19.9. The number of nitrogens with zero attached hydrogens (tertiary/aromatic N) is 2. The van der Waals surface area contributed by atoms with E-state index in [4.69, 9.17) is 19.2 Å². The lowest BCUT2D eigenvalue weighted by atomic mass is 9.79. The van der Waals surface area contributed by atoms with Gasteiger partial charge in [0.25, 0.3) is 0 Å². The minimum Gasteiger partial charge on any atom is -0.349 e. The third-order valence-corrected chi connectivity index (χ3v) is 7.33. The summed E-state index contributed by atoms with van der Waals surface area (Å²) in [7, 11) is 4.39. The Labute approximate surface area is 172 Å². The van der Waals surface area contributed by atoms with Gasteiger partial charge in [-0.05, 0) is 95.2 Å². The van der Waals surface area contributed by atoms with Gasteiger partial charge in [0.1, 0.15) is 0 Å².